The van der Waals surface area contributed by atoms with E-state index in [1.165, 1.54) is 0 Å². The maximum Gasteiger partial charge on any atom is 0.490 e. The normalized spacial score (nSPS) is 21.5. The standard InChI is InChI=1S/C19H19N3O4.C2HF3O2/c23-17(24)19-11-22(9-14(19)10-26-12-19)18(25)21-15-6-7-20-16(8-15)13-4-2-1-3-5-13;3-2(4,5)1(6)7/h1-8,14H,9-12H2,(H,23,24)(H,20,21,25);(H,6,7)/t14-,19-;/m1./s1. The molecular formula is C21H20F3N3O6. The third kappa shape index (κ3) is 5.40. The second-order valence-corrected chi connectivity index (χ2v) is 7.58. The molecule has 4 rings (SSSR count). The first-order chi connectivity index (χ1) is 15.5. The summed E-state index contributed by atoms with van der Waals surface area (Å²) < 4.78 is 37.1. The zero-order valence-corrected chi connectivity index (χ0v) is 17.1. The molecule has 2 aliphatic rings. The number of urea groups is 1. The predicted molar refractivity (Wildman–Crippen MR) is 108 cm³/mol. The lowest BCUT2D eigenvalue weighted by Gasteiger charge is -2.22. The van der Waals surface area contributed by atoms with Crippen LogP contribution in [0.5, 0.6) is 0 Å². The zero-order valence-electron chi connectivity index (χ0n) is 17.1. The number of pyridine rings is 1. The van der Waals surface area contributed by atoms with Crippen LogP contribution in [0.4, 0.5) is 23.7 Å². The van der Waals surface area contributed by atoms with Crippen molar-refractivity contribution in [2.24, 2.45) is 11.3 Å². The summed E-state index contributed by atoms with van der Waals surface area (Å²) in [5.74, 6) is -3.82. The molecule has 3 heterocycles. The molecule has 0 spiro atoms. The number of aliphatic carboxylic acids is 2. The molecule has 0 unspecified atom stereocenters. The van der Waals surface area contributed by atoms with Crippen molar-refractivity contribution < 1.29 is 42.5 Å². The van der Waals surface area contributed by atoms with Crippen LogP contribution in [-0.4, -0.2) is 70.5 Å². The van der Waals surface area contributed by atoms with E-state index in [0.29, 0.717) is 18.8 Å². The first-order valence-corrected chi connectivity index (χ1v) is 9.71. The topological polar surface area (TPSA) is 129 Å². The van der Waals surface area contributed by atoms with Crippen molar-refractivity contribution in [2.75, 3.05) is 31.6 Å². The van der Waals surface area contributed by atoms with Crippen molar-refractivity contribution in [3.05, 3.63) is 48.7 Å². The summed E-state index contributed by atoms with van der Waals surface area (Å²) >= 11 is 0. The highest BCUT2D eigenvalue weighted by Gasteiger charge is 2.57. The van der Waals surface area contributed by atoms with Crippen molar-refractivity contribution in [1.29, 1.82) is 0 Å². The first kappa shape index (κ1) is 24.0. The fourth-order valence-corrected chi connectivity index (χ4v) is 3.67. The summed E-state index contributed by atoms with van der Waals surface area (Å²) in [6.45, 7) is 1.08. The molecule has 9 nitrogen and oxygen atoms in total. The second kappa shape index (κ2) is 9.45. The number of carboxylic acid groups (broad SMARTS) is 2. The van der Waals surface area contributed by atoms with Gasteiger partial charge in [0.1, 0.15) is 5.41 Å². The van der Waals surface area contributed by atoms with E-state index in [-0.39, 0.29) is 25.1 Å². The largest absolute Gasteiger partial charge is 0.490 e. The molecule has 2 fully saturated rings. The van der Waals surface area contributed by atoms with Gasteiger partial charge in [-0.25, -0.2) is 9.59 Å². The molecule has 1 aromatic heterocycles. The molecule has 0 aliphatic carbocycles. The van der Waals surface area contributed by atoms with Crippen LogP contribution in [0.1, 0.15) is 0 Å². The fraction of sp³-hybridized carbons (Fsp3) is 0.333. The number of rotatable bonds is 3. The van der Waals surface area contributed by atoms with E-state index in [1.807, 2.05) is 30.3 Å². The van der Waals surface area contributed by atoms with E-state index < -0.39 is 23.5 Å². The van der Waals surface area contributed by atoms with E-state index in [0.717, 1.165) is 11.3 Å². The van der Waals surface area contributed by atoms with Gasteiger partial charge in [-0.3, -0.25) is 9.78 Å². The lowest BCUT2D eigenvalue weighted by atomic mass is 9.81. The zero-order chi connectivity index (χ0) is 24.2. The van der Waals surface area contributed by atoms with Crippen molar-refractivity contribution >= 4 is 23.7 Å². The summed E-state index contributed by atoms with van der Waals surface area (Å²) in [6.07, 6.45) is -3.44. The number of halogens is 3. The van der Waals surface area contributed by atoms with Crippen LogP contribution in [0.15, 0.2) is 48.7 Å². The average Bonchev–Trinajstić information content (AvgIpc) is 3.33. The molecule has 2 atom stereocenters. The number of ether oxygens (including phenoxy) is 1. The summed E-state index contributed by atoms with van der Waals surface area (Å²) in [5, 5.41) is 19.6. The van der Waals surface area contributed by atoms with Gasteiger partial charge in [0.25, 0.3) is 0 Å². The van der Waals surface area contributed by atoms with Crippen LogP contribution in [-0.2, 0) is 14.3 Å². The minimum Gasteiger partial charge on any atom is -0.481 e. The number of benzene rings is 1. The third-order valence-electron chi connectivity index (χ3n) is 5.41. The van der Waals surface area contributed by atoms with Gasteiger partial charge in [-0.1, -0.05) is 30.3 Å². The monoisotopic (exact) mass is 467 g/mol. The Morgan fingerprint density at radius 2 is 1.82 bits per heavy atom. The lowest BCUT2D eigenvalue weighted by molar-refractivity contribution is -0.192. The number of hydrogen-bond donors (Lipinski definition) is 3. The van der Waals surface area contributed by atoms with Crippen molar-refractivity contribution in [3.8, 4) is 11.3 Å². The number of alkyl halides is 3. The van der Waals surface area contributed by atoms with Crippen molar-refractivity contribution in [3.63, 3.8) is 0 Å². The number of amides is 2. The number of carboxylic acids is 2. The van der Waals surface area contributed by atoms with Gasteiger partial charge >= 0.3 is 24.1 Å². The van der Waals surface area contributed by atoms with Gasteiger partial charge in [0.2, 0.25) is 0 Å². The summed E-state index contributed by atoms with van der Waals surface area (Å²) in [7, 11) is 0. The molecule has 2 aliphatic heterocycles. The SMILES string of the molecule is O=C(Nc1ccnc(-c2ccccc2)c1)N1C[C@@H]2COC[C@]2(C(=O)O)C1.O=C(O)C(F)(F)F. The molecular weight excluding hydrogens is 447 g/mol. The Morgan fingerprint density at radius 3 is 2.39 bits per heavy atom. The maximum atomic E-state index is 12.6. The van der Waals surface area contributed by atoms with Crippen molar-refractivity contribution in [2.45, 2.75) is 6.18 Å². The highest BCUT2D eigenvalue weighted by Crippen LogP contribution is 2.41. The number of nitrogens with zero attached hydrogens (tertiary/aromatic N) is 2. The van der Waals surface area contributed by atoms with E-state index in [2.05, 4.69) is 10.3 Å². The van der Waals surface area contributed by atoms with Gasteiger partial charge in [-0.2, -0.15) is 13.2 Å². The minimum atomic E-state index is -5.08. The number of carbonyl (C=O) groups excluding carboxylic acids is 1. The number of aromatic nitrogens is 1. The Bertz CT molecular complexity index is 1030. The Kier molecular flexibility index (Phi) is 6.86. The predicted octanol–water partition coefficient (Wildman–Crippen LogP) is 2.95. The van der Waals surface area contributed by atoms with Crippen LogP contribution < -0.4 is 5.32 Å². The Labute approximate surface area is 185 Å². The molecule has 1 aromatic carbocycles. The molecule has 2 aromatic rings. The molecule has 176 valence electrons. The molecule has 0 bridgehead atoms. The Morgan fingerprint density at radius 1 is 1.15 bits per heavy atom. The summed E-state index contributed by atoms with van der Waals surface area (Å²) in [6, 6.07) is 12.9. The summed E-state index contributed by atoms with van der Waals surface area (Å²) in [4.78, 5) is 39.1. The Balaban J connectivity index is 0.000000383. The van der Waals surface area contributed by atoms with Gasteiger partial charge in [0.15, 0.2) is 0 Å². The van der Waals surface area contributed by atoms with Gasteiger partial charge < -0.3 is 25.2 Å². The number of fused-ring (bicyclic) bond motifs is 1. The van der Waals surface area contributed by atoms with Gasteiger partial charge in [-0.15, -0.1) is 0 Å². The smallest absolute Gasteiger partial charge is 0.481 e. The Hall–Kier alpha value is -3.67. The van der Waals surface area contributed by atoms with Crippen LogP contribution in [0.3, 0.4) is 0 Å². The minimum absolute atomic E-state index is 0.157. The number of likely N-dealkylation sites (tertiary alicyclic amines) is 1. The molecule has 0 saturated carbocycles. The van der Waals surface area contributed by atoms with Crippen LogP contribution in [0.25, 0.3) is 11.3 Å². The molecule has 0 radical (unpaired) electrons. The lowest BCUT2D eigenvalue weighted by Crippen LogP contribution is -2.41. The highest BCUT2D eigenvalue weighted by molar-refractivity contribution is 5.91. The molecule has 2 saturated heterocycles. The van der Waals surface area contributed by atoms with Crippen LogP contribution in [0.2, 0.25) is 0 Å². The number of nitrogens with one attached hydrogen (secondary N) is 1. The average molecular weight is 467 g/mol. The number of anilines is 1. The van der Waals surface area contributed by atoms with E-state index in [1.54, 1.807) is 23.2 Å². The van der Waals surface area contributed by atoms with Gasteiger partial charge in [0.05, 0.1) is 18.9 Å². The molecule has 33 heavy (non-hydrogen) atoms. The van der Waals surface area contributed by atoms with E-state index >= 15 is 0 Å². The quantitative estimate of drug-likeness (QED) is 0.633. The molecule has 12 heteroatoms. The van der Waals surface area contributed by atoms with Crippen molar-refractivity contribution in [1.82, 2.24) is 9.88 Å². The first-order valence-electron chi connectivity index (χ1n) is 9.71. The van der Waals surface area contributed by atoms with Gasteiger partial charge in [-0.05, 0) is 12.1 Å². The second-order valence-electron chi connectivity index (χ2n) is 7.58. The van der Waals surface area contributed by atoms with Crippen LogP contribution >= 0.6 is 0 Å². The maximum absolute atomic E-state index is 12.6. The third-order valence-corrected chi connectivity index (χ3v) is 5.41. The van der Waals surface area contributed by atoms with E-state index in [4.69, 9.17) is 14.6 Å². The summed E-state index contributed by atoms with van der Waals surface area (Å²) in [5.41, 5.74) is 1.37. The molecule has 2 amide bonds. The van der Waals surface area contributed by atoms with E-state index in [9.17, 15) is 27.9 Å². The fourth-order valence-electron chi connectivity index (χ4n) is 3.67. The number of carbonyl (C=O) groups is 3. The highest BCUT2D eigenvalue weighted by atomic mass is 19.4. The van der Waals surface area contributed by atoms with Crippen LogP contribution in [0, 0.1) is 11.3 Å². The number of hydrogen-bond acceptors (Lipinski definition) is 5. The molecule has 3 N–H and O–H groups in total. The van der Waals surface area contributed by atoms with Gasteiger partial charge in [0, 0.05) is 36.5 Å².